The highest BCUT2D eigenvalue weighted by molar-refractivity contribution is 5.82. The molecule has 1 amide bonds. The van der Waals surface area contributed by atoms with Gasteiger partial charge in [-0.05, 0) is 49.8 Å². The first-order valence-corrected chi connectivity index (χ1v) is 11.4. The summed E-state index contributed by atoms with van der Waals surface area (Å²) >= 11 is 0. The number of benzene rings is 2. The maximum atomic E-state index is 13.3. The van der Waals surface area contributed by atoms with Crippen molar-refractivity contribution >= 4 is 11.6 Å². The van der Waals surface area contributed by atoms with Gasteiger partial charge >= 0.3 is 6.18 Å². The number of rotatable bonds is 6. The molecule has 2 aliphatic heterocycles. The number of likely N-dealkylation sites (N-methyl/N-ethyl adjacent to an activating group) is 1. The molecule has 2 aromatic carbocycles. The molecule has 0 bridgehead atoms. The normalized spacial score (nSPS) is 21.0. The quantitative estimate of drug-likeness (QED) is 0.719. The van der Waals surface area contributed by atoms with Crippen LogP contribution in [-0.2, 0) is 23.9 Å². The molecule has 0 saturated carbocycles. The molecule has 33 heavy (non-hydrogen) atoms. The number of carbonyl (C=O) groups is 1. The monoisotopic (exact) mass is 460 g/mol. The van der Waals surface area contributed by atoms with Gasteiger partial charge in [-0.3, -0.25) is 9.69 Å². The summed E-state index contributed by atoms with van der Waals surface area (Å²) < 4.78 is 40.0. The van der Waals surface area contributed by atoms with Crippen molar-refractivity contribution in [1.29, 1.82) is 0 Å². The minimum absolute atomic E-state index is 0.0777. The van der Waals surface area contributed by atoms with E-state index < -0.39 is 17.7 Å². The molecule has 1 fully saturated rings. The van der Waals surface area contributed by atoms with Gasteiger partial charge in [0.05, 0.1) is 17.5 Å². The summed E-state index contributed by atoms with van der Waals surface area (Å²) in [6.07, 6.45) is -4.09. The van der Waals surface area contributed by atoms with Crippen molar-refractivity contribution in [3.05, 3.63) is 65.2 Å². The number of nitrogens with one attached hydrogen (secondary N) is 1. The largest absolute Gasteiger partial charge is 0.416 e. The Labute approximate surface area is 193 Å². The fourth-order valence-corrected chi connectivity index (χ4v) is 4.88. The molecule has 2 heterocycles. The Bertz CT molecular complexity index is 964. The van der Waals surface area contributed by atoms with Crippen LogP contribution in [-0.4, -0.2) is 68.6 Å². The van der Waals surface area contributed by atoms with Crippen molar-refractivity contribution < 1.29 is 18.0 Å². The van der Waals surface area contributed by atoms with E-state index in [1.165, 1.54) is 11.6 Å². The SMILES string of the molecule is CN(C)CCNC(=O)[C@H]1Cc2cc(C(F)(F)F)ccc2N2CCN(Cc3ccccc3)C[C@@H]12. The van der Waals surface area contributed by atoms with E-state index in [2.05, 4.69) is 27.2 Å². The summed E-state index contributed by atoms with van der Waals surface area (Å²) in [7, 11) is 3.87. The molecular weight excluding hydrogens is 429 g/mol. The molecule has 2 aliphatic rings. The zero-order valence-corrected chi connectivity index (χ0v) is 19.1. The van der Waals surface area contributed by atoms with Crippen molar-refractivity contribution in [1.82, 2.24) is 15.1 Å². The molecule has 2 aromatic rings. The highest BCUT2D eigenvalue weighted by Crippen LogP contribution is 2.39. The number of amides is 1. The van der Waals surface area contributed by atoms with Crippen molar-refractivity contribution in [3.63, 3.8) is 0 Å². The van der Waals surface area contributed by atoms with Crippen LogP contribution in [0.5, 0.6) is 0 Å². The number of halogens is 3. The van der Waals surface area contributed by atoms with Crippen LogP contribution in [0.1, 0.15) is 16.7 Å². The second-order valence-corrected chi connectivity index (χ2v) is 9.23. The standard InChI is InChI=1S/C25H31F3N4O/c1-30(2)11-10-29-24(33)21-15-19-14-20(25(26,27)28)8-9-22(19)32-13-12-31(17-23(21)32)16-18-6-4-3-5-7-18/h3-9,14,21,23H,10-13,15-17H2,1-2H3,(H,29,33)/t21-,23-/m0/s1. The smallest absolute Gasteiger partial charge is 0.365 e. The van der Waals surface area contributed by atoms with Crippen molar-refractivity contribution in [3.8, 4) is 0 Å². The van der Waals surface area contributed by atoms with E-state index in [0.717, 1.165) is 24.8 Å². The van der Waals surface area contributed by atoms with Gasteiger partial charge in [-0.25, -0.2) is 0 Å². The van der Waals surface area contributed by atoms with Gasteiger partial charge in [0.1, 0.15) is 0 Å². The van der Waals surface area contributed by atoms with Crippen LogP contribution in [0.2, 0.25) is 0 Å². The number of carbonyl (C=O) groups excluding carboxylic acids is 1. The van der Waals surface area contributed by atoms with Gasteiger partial charge in [-0.2, -0.15) is 13.2 Å². The maximum absolute atomic E-state index is 13.3. The Morgan fingerprint density at radius 3 is 2.58 bits per heavy atom. The fraction of sp³-hybridized carbons (Fsp3) is 0.480. The Balaban J connectivity index is 1.58. The predicted octanol–water partition coefficient (Wildman–Crippen LogP) is 3.25. The Morgan fingerprint density at radius 2 is 1.88 bits per heavy atom. The first-order chi connectivity index (χ1) is 15.7. The molecule has 2 atom stereocenters. The molecule has 1 saturated heterocycles. The molecule has 5 nitrogen and oxygen atoms in total. The minimum atomic E-state index is -4.40. The number of piperazine rings is 1. The van der Waals surface area contributed by atoms with E-state index in [9.17, 15) is 18.0 Å². The molecule has 1 N–H and O–H groups in total. The van der Waals surface area contributed by atoms with E-state index in [4.69, 9.17) is 0 Å². The molecular formula is C25H31F3N4O. The maximum Gasteiger partial charge on any atom is 0.416 e. The summed E-state index contributed by atoms with van der Waals surface area (Å²) in [6, 6.07) is 14.1. The number of hydrogen-bond donors (Lipinski definition) is 1. The van der Waals surface area contributed by atoms with Crippen molar-refractivity contribution in [2.75, 3.05) is 51.7 Å². The first-order valence-electron chi connectivity index (χ1n) is 11.4. The topological polar surface area (TPSA) is 38.8 Å². The van der Waals surface area contributed by atoms with Gasteiger partial charge in [0, 0.05) is 45.0 Å². The second-order valence-electron chi connectivity index (χ2n) is 9.23. The van der Waals surface area contributed by atoms with Crippen LogP contribution in [0, 0.1) is 5.92 Å². The average molecular weight is 461 g/mol. The zero-order chi connectivity index (χ0) is 23.6. The first kappa shape index (κ1) is 23.6. The number of hydrogen-bond acceptors (Lipinski definition) is 4. The lowest BCUT2D eigenvalue weighted by Crippen LogP contribution is -2.61. The van der Waals surface area contributed by atoms with Gasteiger partial charge in [0.25, 0.3) is 0 Å². The zero-order valence-electron chi connectivity index (χ0n) is 19.1. The van der Waals surface area contributed by atoms with Gasteiger partial charge in [-0.1, -0.05) is 30.3 Å². The molecule has 0 unspecified atom stereocenters. The summed E-state index contributed by atoms with van der Waals surface area (Å²) in [4.78, 5) is 19.7. The molecule has 178 valence electrons. The third-order valence-corrected chi connectivity index (χ3v) is 6.57. The second kappa shape index (κ2) is 9.73. The number of nitrogens with zero attached hydrogens (tertiary/aromatic N) is 3. The third kappa shape index (κ3) is 5.50. The van der Waals surface area contributed by atoms with E-state index in [0.29, 0.717) is 38.2 Å². The molecule has 8 heteroatoms. The van der Waals surface area contributed by atoms with E-state index in [1.807, 2.05) is 37.2 Å². The summed E-state index contributed by atoms with van der Waals surface area (Å²) in [6.45, 7) is 4.18. The van der Waals surface area contributed by atoms with Gasteiger partial charge in [0.2, 0.25) is 5.91 Å². The van der Waals surface area contributed by atoms with Crippen molar-refractivity contribution in [2.45, 2.75) is 25.2 Å². The molecule has 0 radical (unpaired) electrons. The number of alkyl halides is 3. The predicted molar refractivity (Wildman–Crippen MR) is 123 cm³/mol. The van der Waals surface area contributed by atoms with E-state index >= 15 is 0 Å². The third-order valence-electron chi connectivity index (χ3n) is 6.57. The lowest BCUT2D eigenvalue weighted by molar-refractivity contribution is -0.137. The van der Waals surface area contributed by atoms with Gasteiger partial charge in [0.15, 0.2) is 0 Å². The average Bonchev–Trinajstić information content (AvgIpc) is 2.77. The van der Waals surface area contributed by atoms with Crippen LogP contribution < -0.4 is 10.2 Å². The van der Waals surface area contributed by atoms with Crippen LogP contribution >= 0.6 is 0 Å². The van der Waals surface area contributed by atoms with Crippen LogP contribution in [0.25, 0.3) is 0 Å². The Kier molecular flexibility index (Phi) is 6.95. The van der Waals surface area contributed by atoms with E-state index in [-0.39, 0.29) is 11.9 Å². The molecule has 0 aromatic heterocycles. The minimum Gasteiger partial charge on any atom is -0.365 e. The van der Waals surface area contributed by atoms with Crippen molar-refractivity contribution in [2.24, 2.45) is 5.92 Å². The summed E-state index contributed by atoms with van der Waals surface area (Å²) in [5.41, 5.74) is 1.98. The molecule has 4 rings (SSSR count). The lowest BCUT2D eigenvalue weighted by atomic mass is 9.82. The fourth-order valence-electron chi connectivity index (χ4n) is 4.88. The van der Waals surface area contributed by atoms with Gasteiger partial charge in [-0.15, -0.1) is 0 Å². The summed E-state index contributed by atoms with van der Waals surface area (Å²) in [5.74, 6) is -0.488. The molecule has 0 aliphatic carbocycles. The summed E-state index contributed by atoms with van der Waals surface area (Å²) in [5, 5.41) is 3.01. The van der Waals surface area contributed by atoms with Crippen LogP contribution in [0.15, 0.2) is 48.5 Å². The highest BCUT2D eigenvalue weighted by Gasteiger charge is 2.42. The van der Waals surface area contributed by atoms with Crippen LogP contribution in [0.4, 0.5) is 18.9 Å². The molecule has 0 spiro atoms. The van der Waals surface area contributed by atoms with Gasteiger partial charge < -0.3 is 15.1 Å². The number of anilines is 1. The highest BCUT2D eigenvalue weighted by atomic mass is 19.4. The van der Waals surface area contributed by atoms with Crippen LogP contribution in [0.3, 0.4) is 0 Å². The number of fused-ring (bicyclic) bond motifs is 3. The Morgan fingerprint density at radius 1 is 1.12 bits per heavy atom. The van der Waals surface area contributed by atoms with E-state index in [1.54, 1.807) is 6.07 Å². The lowest BCUT2D eigenvalue weighted by Gasteiger charge is -2.49. The Hall–Kier alpha value is -2.58.